The van der Waals surface area contributed by atoms with Crippen LogP contribution in [0, 0.1) is 0 Å². The van der Waals surface area contributed by atoms with Gasteiger partial charge in [-0.25, -0.2) is 3.63 Å². The standard InChI is InChI=1S/C4H4I2O3S2/c5-1-3(7)10-9-11-4(8)2-6/h1-2H2. The summed E-state index contributed by atoms with van der Waals surface area (Å²) in [6.45, 7) is 0. The van der Waals surface area contributed by atoms with Crippen molar-refractivity contribution in [2.24, 2.45) is 0 Å². The second-order valence-electron chi connectivity index (χ2n) is 1.25. The highest BCUT2D eigenvalue weighted by atomic mass is 127. The van der Waals surface area contributed by atoms with Crippen molar-refractivity contribution in [3.63, 3.8) is 0 Å². The molecule has 0 bridgehead atoms. The monoisotopic (exact) mass is 418 g/mol. The maximum atomic E-state index is 10.6. The number of hydrogen-bond donors (Lipinski definition) is 0. The molecule has 64 valence electrons. The maximum absolute atomic E-state index is 10.6. The Hall–Kier alpha value is 1.46. The molecular weight excluding hydrogens is 414 g/mol. The zero-order valence-corrected chi connectivity index (χ0v) is 11.2. The number of hydrogen-bond acceptors (Lipinski definition) is 5. The van der Waals surface area contributed by atoms with E-state index in [1.807, 2.05) is 45.2 Å². The molecule has 0 heterocycles. The average molecular weight is 418 g/mol. The quantitative estimate of drug-likeness (QED) is 0.398. The number of carbonyl (C=O) groups excluding carboxylic acids is 2. The van der Waals surface area contributed by atoms with Gasteiger partial charge in [-0.2, -0.15) is 0 Å². The molecule has 0 aromatic carbocycles. The van der Waals surface area contributed by atoms with E-state index in [1.54, 1.807) is 0 Å². The minimum absolute atomic E-state index is 0.0839. The van der Waals surface area contributed by atoms with Crippen LogP contribution >= 0.6 is 69.3 Å². The molecule has 0 amide bonds. The molecule has 7 heteroatoms. The van der Waals surface area contributed by atoms with Gasteiger partial charge in [0.2, 0.25) is 10.2 Å². The highest BCUT2D eigenvalue weighted by Crippen LogP contribution is 2.17. The second-order valence-corrected chi connectivity index (χ2v) is 4.56. The van der Waals surface area contributed by atoms with Gasteiger partial charge >= 0.3 is 0 Å². The number of rotatable bonds is 4. The van der Waals surface area contributed by atoms with Gasteiger partial charge in [-0.1, -0.05) is 45.2 Å². The lowest BCUT2D eigenvalue weighted by molar-refractivity contribution is -0.109. The van der Waals surface area contributed by atoms with Crippen LogP contribution in [0.4, 0.5) is 0 Å². The van der Waals surface area contributed by atoms with Gasteiger partial charge in [0.15, 0.2) is 0 Å². The fourth-order valence-corrected chi connectivity index (χ4v) is 1.73. The zero-order valence-electron chi connectivity index (χ0n) is 5.21. The van der Waals surface area contributed by atoms with Crippen molar-refractivity contribution in [3.8, 4) is 0 Å². The third kappa shape index (κ3) is 7.81. The van der Waals surface area contributed by atoms with Gasteiger partial charge in [0.1, 0.15) is 0 Å². The molecule has 11 heavy (non-hydrogen) atoms. The van der Waals surface area contributed by atoms with Crippen LogP contribution in [0.2, 0.25) is 0 Å². The van der Waals surface area contributed by atoms with E-state index in [9.17, 15) is 9.59 Å². The Morgan fingerprint density at radius 1 is 1.09 bits per heavy atom. The van der Waals surface area contributed by atoms with E-state index in [1.165, 1.54) is 0 Å². The van der Waals surface area contributed by atoms with Crippen molar-refractivity contribution in [1.82, 2.24) is 0 Å². The van der Waals surface area contributed by atoms with Gasteiger partial charge in [-0.05, 0) is 0 Å². The molecule has 0 N–H and O–H groups in total. The van der Waals surface area contributed by atoms with Crippen molar-refractivity contribution in [1.29, 1.82) is 0 Å². The lowest BCUT2D eigenvalue weighted by atomic mass is 10.9. The first-order chi connectivity index (χ1) is 5.20. The topological polar surface area (TPSA) is 43.4 Å². The molecule has 0 aliphatic carbocycles. The normalized spacial score (nSPS) is 9.64. The van der Waals surface area contributed by atoms with Crippen LogP contribution < -0.4 is 0 Å². The number of alkyl halides is 2. The summed E-state index contributed by atoms with van der Waals surface area (Å²) in [4.78, 5) is 21.2. The average Bonchev–Trinajstić information content (AvgIpc) is 2.04. The van der Waals surface area contributed by atoms with E-state index in [4.69, 9.17) is 0 Å². The van der Waals surface area contributed by atoms with Gasteiger partial charge in [-0.15, -0.1) is 0 Å². The molecule has 3 nitrogen and oxygen atoms in total. The number of carbonyl (C=O) groups is 2. The predicted molar refractivity (Wildman–Crippen MR) is 64.1 cm³/mol. The van der Waals surface area contributed by atoms with Crippen LogP contribution in [0.5, 0.6) is 0 Å². The Morgan fingerprint density at radius 2 is 1.45 bits per heavy atom. The van der Waals surface area contributed by atoms with Crippen molar-refractivity contribution >= 4 is 79.5 Å². The summed E-state index contributed by atoms with van der Waals surface area (Å²) in [7, 11) is 0. The van der Waals surface area contributed by atoms with Crippen LogP contribution in [0.1, 0.15) is 0 Å². The van der Waals surface area contributed by atoms with E-state index >= 15 is 0 Å². The van der Waals surface area contributed by atoms with Gasteiger partial charge in [-0.3, -0.25) is 9.59 Å². The van der Waals surface area contributed by atoms with Crippen LogP contribution in [-0.2, 0) is 13.2 Å². The molecule has 0 aliphatic rings. The molecule has 0 fully saturated rings. The van der Waals surface area contributed by atoms with Crippen molar-refractivity contribution in [2.45, 2.75) is 0 Å². The largest absolute Gasteiger partial charge is 0.284 e. The summed E-state index contributed by atoms with van der Waals surface area (Å²) in [6, 6.07) is 0. The molecule has 0 saturated carbocycles. The summed E-state index contributed by atoms with van der Waals surface area (Å²) in [5.41, 5.74) is 0. The van der Waals surface area contributed by atoms with E-state index in [0.29, 0.717) is 32.9 Å². The molecule has 0 spiro atoms. The van der Waals surface area contributed by atoms with Crippen molar-refractivity contribution < 1.29 is 13.2 Å². The molecule has 0 unspecified atom stereocenters. The van der Waals surface area contributed by atoms with Gasteiger partial charge in [0, 0.05) is 0 Å². The SMILES string of the molecule is O=C(CI)SOSC(=O)CI. The van der Waals surface area contributed by atoms with Crippen LogP contribution in [-0.4, -0.2) is 19.1 Å². The third-order valence-corrected chi connectivity index (χ3v) is 4.10. The molecule has 0 aromatic heterocycles. The lowest BCUT2D eigenvalue weighted by Gasteiger charge is -1.94. The molecule has 0 atom stereocenters. The maximum Gasteiger partial charge on any atom is 0.226 e. The van der Waals surface area contributed by atoms with Crippen LogP contribution in [0.3, 0.4) is 0 Å². The molecule has 0 rings (SSSR count). The highest BCUT2D eigenvalue weighted by molar-refractivity contribution is 14.1. The van der Waals surface area contributed by atoms with E-state index in [2.05, 4.69) is 3.63 Å². The molecule has 0 aromatic rings. The first kappa shape index (κ1) is 12.5. The molecule has 0 saturated heterocycles. The lowest BCUT2D eigenvalue weighted by Crippen LogP contribution is -1.94. The molecule has 0 radical (unpaired) electrons. The Balaban J connectivity index is 3.27. The van der Waals surface area contributed by atoms with Crippen molar-refractivity contribution in [2.75, 3.05) is 8.86 Å². The molecular formula is C4H4I2O3S2. The summed E-state index contributed by atoms with van der Waals surface area (Å²) < 4.78 is 5.44. The Bertz CT molecular complexity index is 136. The Morgan fingerprint density at radius 3 is 1.73 bits per heavy atom. The summed E-state index contributed by atoms with van der Waals surface area (Å²) >= 11 is 5.29. The number of halogens is 2. The van der Waals surface area contributed by atoms with Gasteiger partial charge in [0.05, 0.1) is 32.9 Å². The van der Waals surface area contributed by atoms with E-state index in [-0.39, 0.29) is 10.2 Å². The zero-order chi connectivity index (χ0) is 8.69. The summed E-state index contributed by atoms with van der Waals surface area (Å²) in [6.07, 6.45) is 0. The predicted octanol–water partition coefficient (Wildman–Crippen LogP) is 2.22. The van der Waals surface area contributed by atoms with Gasteiger partial charge < -0.3 is 0 Å². The fraction of sp³-hybridized carbons (Fsp3) is 0.500. The Kier molecular flexibility index (Phi) is 9.15. The highest BCUT2D eigenvalue weighted by Gasteiger charge is 2.05. The smallest absolute Gasteiger partial charge is 0.226 e. The first-order valence-corrected chi connectivity index (χ1v) is 6.93. The van der Waals surface area contributed by atoms with Crippen LogP contribution in [0.15, 0.2) is 0 Å². The first-order valence-electron chi connectivity index (χ1n) is 2.39. The van der Waals surface area contributed by atoms with Gasteiger partial charge in [0.25, 0.3) is 0 Å². The van der Waals surface area contributed by atoms with Crippen LogP contribution in [0.25, 0.3) is 0 Å². The Labute approximate surface area is 100 Å². The molecule has 0 aliphatic heterocycles. The summed E-state index contributed by atoms with van der Waals surface area (Å²) in [5, 5.41) is -0.168. The third-order valence-electron chi connectivity index (χ3n) is 0.472. The van der Waals surface area contributed by atoms with E-state index in [0.717, 1.165) is 0 Å². The minimum atomic E-state index is -0.0839. The van der Waals surface area contributed by atoms with Crippen molar-refractivity contribution in [3.05, 3.63) is 0 Å². The minimum Gasteiger partial charge on any atom is -0.284 e. The second kappa shape index (κ2) is 8.08. The fourth-order valence-electron chi connectivity index (χ4n) is 0.137. The summed E-state index contributed by atoms with van der Waals surface area (Å²) in [5.74, 6) is 0. The van der Waals surface area contributed by atoms with E-state index < -0.39 is 0 Å².